The number of rotatable bonds is 6. The van der Waals surface area contributed by atoms with Crippen LogP contribution >= 0.6 is 11.3 Å². The Morgan fingerprint density at radius 2 is 2.48 bits per heavy atom. The van der Waals surface area contributed by atoms with Crippen LogP contribution in [-0.4, -0.2) is 20.8 Å². The molecule has 114 valence electrons. The molecule has 0 fully saturated rings. The Morgan fingerprint density at radius 1 is 1.57 bits per heavy atom. The normalized spacial score (nSPS) is 19.4. The molecule has 0 saturated heterocycles. The number of hydrogen-bond acceptors (Lipinski definition) is 5. The van der Waals surface area contributed by atoms with E-state index >= 15 is 0 Å². The molecule has 2 aromatic rings. The van der Waals surface area contributed by atoms with E-state index in [-0.39, 0.29) is 6.04 Å². The SMILES string of the molecule is CCCn1ncnc1CC(NN)C1CCCc2sccc21. The molecular weight excluding hydrogens is 282 g/mol. The van der Waals surface area contributed by atoms with Gasteiger partial charge in [-0.15, -0.1) is 11.3 Å². The maximum Gasteiger partial charge on any atom is 0.138 e. The Balaban J connectivity index is 1.79. The molecule has 6 heteroatoms. The summed E-state index contributed by atoms with van der Waals surface area (Å²) in [6.45, 7) is 3.07. The van der Waals surface area contributed by atoms with Crippen LogP contribution in [0.2, 0.25) is 0 Å². The van der Waals surface area contributed by atoms with Crippen LogP contribution < -0.4 is 11.3 Å². The van der Waals surface area contributed by atoms with E-state index in [0.717, 1.165) is 25.2 Å². The van der Waals surface area contributed by atoms with Gasteiger partial charge < -0.3 is 0 Å². The lowest BCUT2D eigenvalue weighted by Gasteiger charge is -2.30. The standard InChI is InChI=1S/C15H23N5S/c1-2-7-20-15(17-10-18-20)9-13(19-16)11-4-3-5-14-12(11)6-8-21-14/h6,8,10-11,13,19H,2-5,7,9,16H2,1H3. The number of aromatic nitrogens is 3. The van der Waals surface area contributed by atoms with Gasteiger partial charge in [0.05, 0.1) is 0 Å². The second kappa shape index (κ2) is 6.68. The van der Waals surface area contributed by atoms with E-state index in [2.05, 4.69) is 33.9 Å². The molecule has 0 saturated carbocycles. The van der Waals surface area contributed by atoms with Crippen LogP contribution in [0.15, 0.2) is 17.8 Å². The van der Waals surface area contributed by atoms with Crippen molar-refractivity contribution in [1.82, 2.24) is 20.2 Å². The zero-order chi connectivity index (χ0) is 14.7. The van der Waals surface area contributed by atoms with Crippen LogP contribution in [0, 0.1) is 0 Å². The fourth-order valence-corrected chi connectivity index (χ4v) is 4.30. The van der Waals surface area contributed by atoms with E-state index in [0.29, 0.717) is 5.92 Å². The molecule has 3 N–H and O–H groups in total. The predicted octanol–water partition coefficient (Wildman–Crippen LogP) is 2.24. The number of thiophene rings is 1. The maximum absolute atomic E-state index is 5.87. The van der Waals surface area contributed by atoms with Crippen molar-refractivity contribution in [3.63, 3.8) is 0 Å². The molecule has 5 nitrogen and oxygen atoms in total. The van der Waals surface area contributed by atoms with Crippen molar-refractivity contribution in [3.8, 4) is 0 Å². The molecule has 2 unspecified atom stereocenters. The van der Waals surface area contributed by atoms with E-state index in [1.807, 2.05) is 16.0 Å². The monoisotopic (exact) mass is 305 g/mol. The average molecular weight is 305 g/mol. The van der Waals surface area contributed by atoms with Crippen LogP contribution in [0.3, 0.4) is 0 Å². The maximum atomic E-state index is 5.87. The minimum absolute atomic E-state index is 0.221. The minimum Gasteiger partial charge on any atom is -0.271 e. The number of aryl methyl sites for hydroxylation is 2. The van der Waals surface area contributed by atoms with Gasteiger partial charge in [-0.25, -0.2) is 4.98 Å². The average Bonchev–Trinajstić information content (AvgIpc) is 3.14. The lowest BCUT2D eigenvalue weighted by atomic mass is 9.81. The topological polar surface area (TPSA) is 68.8 Å². The molecular formula is C15H23N5S. The summed E-state index contributed by atoms with van der Waals surface area (Å²) in [5, 5.41) is 6.52. The lowest BCUT2D eigenvalue weighted by molar-refractivity contribution is 0.384. The van der Waals surface area contributed by atoms with Crippen LogP contribution in [-0.2, 0) is 19.4 Å². The van der Waals surface area contributed by atoms with Gasteiger partial charge >= 0.3 is 0 Å². The van der Waals surface area contributed by atoms with Gasteiger partial charge in [0.15, 0.2) is 0 Å². The number of nitrogens with zero attached hydrogens (tertiary/aromatic N) is 3. The fraction of sp³-hybridized carbons (Fsp3) is 0.600. The second-order valence-electron chi connectivity index (χ2n) is 5.67. The molecule has 0 aliphatic heterocycles. The highest BCUT2D eigenvalue weighted by atomic mass is 32.1. The third-order valence-electron chi connectivity index (χ3n) is 4.33. The second-order valence-corrected chi connectivity index (χ2v) is 6.68. The lowest BCUT2D eigenvalue weighted by Crippen LogP contribution is -2.42. The highest BCUT2D eigenvalue weighted by molar-refractivity contribution is 7.10. The summed E-state index contributed by atoms with van der Waals surface area (Å²) in [5.41, 5.74) is 4.52. The van der Waals surface area contributed by atoms with Crippen LogP contribution in [0.1, 0.15) is 48.4 Å². The quantitative estimate of drug-likeness (QED) is 0.634. The van der Waals surface area contributed by atoms with Crippen LogP contribution in [0.4, 0.5) is 0 Å². The zero-order valence-electron chi connectivity index (χ0n) is 12.5. The largest absolute Gasteiger partial charge is 0.271 e. The van der Waals surface area contributed by atoms with Gasteiger partial charge in [0, 0.05) is 29.8 Å². The number of nitrogens with two attached hydrogens (primary N) is 1. The van der Waals surface area contributed by atoms with Gasteiger partial charge in [-0.05, 0) is 42.7 Å². The van der Waals surface area contributed by atoms with Crippen molar-refractivity contribution in [2.24, 2.45) is 5.84 Å². The van der Waals surface area contributed by atoms with Gasteiger partial charge in [-0.1, -0.05) is 6.92 Å². The van der Waals surface area contributed by atoms with Crippen molar-refractivity contribution in [1.29, 1.82) is 0 Å². The third kappa shape index (κ3) is 3.02. The summed E-state index contributed by atoms with van der Waals surface area (Å²) in [6, 6.07) is 2.49. The van der Waals surface area contributed by atoms with E-state index in [9.17, 15) is 0 Å². The molecule has 1 aliphatic rings. The first-order valence-corrected chi connectivity index (χ1v) is 8.60. The Kier molecular flexibility index (Phi) is 4.67. The Bertz CT molecular complexity index is 576. The summed E-state index contributed by atoms with van der Waals surface area (Å²) >= 11 is 1.87. The van der Waals surface area contributed by atoms with Crippen LogP contribution in [0.25, 0.3) is 0 Å². The molecule has 0 bridgehead atoms. The van der Waals surface area contributed by atoms with Gasteiger partial charge in [0.1, 0.15) is 12.2 Å². The van der Waals surface area contributed by atoms with E-state index in [4.69, 9.17) is 5.84 Å². The number of nitrogens with one attached hydrogen (secondary N) is 1. The Morgan fingerprint density at radius 3 is 3.29 bits per heavy atom. The Hall–Kier alpha value is -1.24. The van der Waals surface area contributed by atoms with Gasteiger partial charge in [-0.3, -0.25) is 16.0 Å². The highest BCUT2D eigenvalue weighted by Gasteiger charge is 2.29. The van der Waals surface area contributed by atoms with Gasteiger partial charge in [0.25, 0.3) is 0 Å². The fourth-order valence-electron chi connectivity index (χ4n) is 3.30. The Labute approximate surface area is 129 Å². The molecule has 1 aliphatic carbocycles. The van der Waals surface area contributed by atoms with Crippen molar-refractivity contribution < 1.29 is 0 Å². The molecule has 2 heterocycles. The summed E-state index contributed by atoms with van der Waals surface area (Å²) in [4.78, 5) is 5.95. The van der Waals surface area contributed by atoms with Crippen LogP contribution in [0.5, 0.6) is 0 Å². The molecule has 0 spiro atoms. The van der Waals surface area contributed by atoms with E-state index in [1.165, 1.54) is 29.7 Å². The van der Waals surface area contributed by atoms with Gasteiger partial charge in [0.2, 0.25) is 0 Å². The molecule has 0 radical (unpaired) electrons. The number of fused-ring (bicyclic) bond motifs is 1. The van der Waals surface area contributed by atoms with E-state index < -0.39 is 0 Å². The van der Waals surface area contributed by atoms with Gasteiger partial charge in [-0.2, -0.15) is 5.10 Å². The first kappa shape index (κ1) is 14.7. The minimum atomic E-state index is 0.221. The van der Waals surface area contributed by atoms with Crippen molar-refractivity contribution in [3.05, 3.63) is 34.0 Å². The summed E-state index contributed by atoms with van der Waals surface area (Å²) in [5.74, 6) is 7.38. The number of hydrazine groups is 1. The van der Waals surface area contributed by atoms with Crippen molar-refractivity contribution >= 4 is 11.3 Å². The first-order chi connectivity index (χ1) is 10.3. The number of hydrogen-bond donors (Lipinski definition) is 2. The summed E-state index contributed by atoms with van der Waals surface area (Å²) in [7, 11) is 0. The molecule has 21 heavy (non-hydrogen) atoms. The van der Waals surface area contributed by atoms with Crippen molar-refractivity contribution in [2.75, 3.05) is 0 Å². The summed E-state index contributed by atoms with van der Waals surface area (Å²) in [6.07, 6.45) is 7.20. The first-order valence-electron chi connectivity index (χ1n) is 7.72. The summed E-state index contributed by atoms with van der Waals surface area (Å²) < 4.78 is 2.00. The molecule has 2 aromatic heterocycles. The highest BCUT2D eigenvalue weighted by Crippen LogP contribution is 2.37. The van der Waals surface area contributed by atoms with Crippen molar-refractivity contribution in [2.45, 2.75) is 57.5 Å². The molecule has 3 rings (SSSR count). The molecule has 0 amide bonds. The smallest absolute Gasteiger partial charge is 0.138 e. The van der Waals surface area contributed by atoms with E-state index in [1.54, 1.807) is 6.33 Å². The molecule has 0 aromatic carbocycles. The predicted molar refractivity (Wildman–Crippen MR) is 85.1 cm³/mol. The third-order valence-corrected chi connectivity index (χ3v) is 5.33. The zero-order valence-corrected chi connectivity index (χ0v) is 13.3. The molecule has 2 atom stereocenters.